The monoisotopic (exact) mass is 489 g/mol. The van der Waals surface area contributed by atoms with Gasteiger partial charge in [-0.2, -0.15) is 13.2 Å². The first-order valence-corrected chi connectivity index (χ1v) is 11.5. The molecule has 0 aliphatic heterocycles. The van der Waals surface area contributed by atoms with Crippen LogP contribution in [-0.4, -0.2) is 35.5 Å². The SMILES string of the molecule is O=C(NCCc1nnc2ccccn12)c1ccccc1NS(=O)(=O)c1cccc(C(F)(F)F)c1. The van der Waals surface area contributed by atoms with E-state index in [9.17, 15) is 26.4 Å². The molecule has 0 fully saturated rings. The number of nitrogens with one attached hydrogen (secondary N) is 2. The maximum Gasteiger partial charge on any atom is 0.416 e. The van der Waals surface area contributed by atoms with E-state index in [0.29, 0.717) is 24.0 Å². The van der Waals surface area contributed by atoms with Crippen LogP contribution in [0.3, 0.4) is 0 Å². The molecule has 2 heterocycles. The van der Waals surface area contributed by atoms with E-state index in [1.54, 1.807) is 22.7 Å². The molecular formula is C22H18F3N5O3S. The van der Waals surface area contributed by atoms with Gasteiger partial charge in [0.15, 0.2) is 5.65 Å². The van der Waals surface area contributed by atoms with E-state index in [0.717, 1.165) is 18.2 Å². The van der Waals surface area contributed by atoms with Crippen LogP contribution in [0.4, 0.5) is 18.9 Å². The number of benzene rings is 2. The number of rotatable bonds is 7. The number of carbonyl (C=O) groups is 1. The van der Waals surface area contributed by atoms with Crippen LogP contribution < -0.4 is 10.0 Å². The highest BCUT2D eigenvalue weighted by molar-refractivity contribution is 7.92. The summed E-state index contributed by atoms with van der Waals surface area (Å²) in [5.41, 5.74) is -0.477. The molecule has 0 saturated carbocycles. The molecule has 0 aliphatic carbocycles. The van der Waals surface area contributed by atoms with E-state index in [2.05, 4.69) is 20.2 Å². The molecule has 4 aromatic rings. The zero-order chi connectivity index (χ0) is 24.3. The van der Waals surface area contributed by atoms with Crippen molar-refractivity contribution < 1.29 is 26.4 Å². The van der Waals surface area contributed by atoms with Crippen LogP contribution in [0.2, 0.25) is 0 Å². The Morgan fingerprint density at radius 1 is 0.971 bits per heavy atom. The third-order valence-electron chi connectivity index (χ3n) is 4.91. The lowest BCUT2D eigenvalue weighted by Crippen LogP contribution is -2.27. The van der Waals surface area contributed by atoms with Gasteiger partial charge in [-0.05, 0) is 42.5 Å². The van der Waals surface area contributed by atoms with Gasteiger partial charge in [0.25, 0.3) is 15.9 Å². The Morgan fingerprint density at radius 2 is 1.74 bits per heavy atom. The Labute approximate surface area is 192 Å². The standard InChI is InChI=1S/C22H18F3N5O3S/c23-22(24,25)15-6-5-7-16(14-15)34(32,33)29-18-9-2-1-8-17(18)21(31)26-12-11-20-28-27-19-10-3-4-13-30(19)20/h1-10,13-14,29H,11-12H2,(H,26,31). The van der Waals surface area contributed by atoms with Gasteiger partial charge in [0.05, 0.1) is 21.7 Å². The molecule has 176 valence electrons. The molecule has 0 radical (unpaired) electrons. The lowest BCUT2D eigenvalue weighted by atomic mass is 10.1. The smallest absolute Gasteiger partial charge is 0.352 e. The summed E-state index contributed by atoms with van der Waals surface area (Å²) in [7, 11) is -4.38. The molecule has 34 heavy (non-hydrogen) atoms. The summed E-state index contributed by atoms with van der Waals surface area (Å²) < 4.78 is 68.4. The van der Waals surface area contributed by atoms with Crippen molar-refractivity contribution in [3.63, 3.8) is 0 Å². The number of para-hydroxylation sites is 1. The summed E-state index contributed by atoms with van der Waals surface area (Å²) in [5.74, 6) is 0.0746. The van der Waals surface area contributed by atoms with Crippen LogP contribution in [0.15, 0.2) is 77.8 Å². The predicted molar refractivity (Wildman–Crippen MR) is 118 cm³/mol. The van der Waals surface area contributed by atoms with Crippen molar-refractivity contribution in [2.45, 2.75) is 17.5 Å². The molecule has 4 rings (SSSR count). The number of sulfonamides is 1. The van der Waals surface area contributed by atoms with Gasteiger partial charge in [-0.15, -0.1) is 10.2 Å². The van der Waals surface area contributed by atoms with Gasteiger partial charge in [-0.1, -0.05) is 24.3 Å². The average Bonchev–Trinajstić information content (AvgIpc) is 3.22. The van der Waals surface area contributed by atoms with E-state index in [1.165, 1.54) is 18.2 Å². The van der Waals surface area contributed by atoms with E-state index in [1.807, 2.05) is 12.1 Å². The van der Waals surface area contributed by atoms with Crippen LogP contribution in [-0.2, 0) is 22.6 Å². The second-order valence-electron chi connectivity index (χ2n) is 7.23. The number of pyridine rings is 1. The fraction of sp³-hybridized carbons (Fsp3) is 0.136. The molecule has 2 aromatic heterocycles. The lowest BCUT2D eigenvalue weighted by molar-refractivity contribution is -0.137. The molecular weight excluding hydrogens is 471 g/mol. The molecule has 8 nitrogen and oxygen atoms in total. The molecule has 0 saturated heterocycles. The van der Waals surface area contributed by atoms with Gasteiger partial charge in [-0.25, -0.2) is 8.42 Å². The van der Waals surface area contributed by atoms with Crippen molar-refractivity contribution in [1.82, 2.24) is 19.9 Å². The van der Waals surface area contributed by atoms with Crippen molar-refractivity contribution >= 4 is 27.3 Å². The number of nitrogens with zero attached hydrogens (tertiary/aromatic N) is 3. The molecule has 0 spiro atoms. The third-order valence-corrected chi connectivity index (χ3v) is 6.27. The topological polar surface area (TPSA) is 105 Å². The van der Waals surface area contributed by atoms with E-state index < -0.39 is 32.6 Å². The molecule has 12 heteroatoms. The zero-order valence-corrected chi connectivity index (χ0v) is 18.3. The van der Waals surface area contributed by atoms with E-state index in [-0.39, 0.29) is 17.8 Å². The highest BCUT2D eigenvalue weighted by Crippen LogP contribution is 2.31. The van der Waals surface area contributed by atoms with Crippen LogP contribution in [0.25, 0.3) is 5.65 Å². The Bertz CT molecular complexity index is 1450. The third kappa shape index (κ3) is 5.01. The van der Waals surface area contributed by atoms with Gasteiger partial charge < -0.3 is 5.32 Å². The minimum atomic E-state index is -4.70. The van der Waals surface area contributed by atoms with Crippen molar-refractivity contribution in [3.8, 4) is 0 Å². The summed E-state index contributed by atoms with van der Waals surface area (Å²) >= 11 is 0. The minimum Gasteiger partial charge on any atom is -0.352 e. The Morgan fingerprint density at radius 3 is 2.53 bits per heavy atom. The van der Waals surface area contributed by atoms with E-state index >= 15 is 0 Å². The number of hydrogen-bond acceptors (Lipinski definition) is 5. The summed E-state index contributed by atoms with van der Waals surface area (Å²) in [4.78, 5) is 12.2. The number of hydrogen-bond donors (Lipinski definition) is 2. The molecule has 0 atom stereocenters. The normalized spacial score (nSPS) is 12.0. The molecule has 0 aliphatic rings. The highest BCUT2D eigenvalue weighted by atomic mass is 32.2. The minimum absolute atomic E-state index is 0.0177. The first kappa shape index (κ1) is 23.2. The van der Waals surface area contributed by atoms with Crippen molar-refractivity contribution in [2.75, 3.05) is 11.3 Å². The summed E-state index contributed by atoms with van der Waals surface area (Å²) in [5, 5.41) is 10.8. The number of amides is 1. The highest BCUT2D eigenvalue weighted by Gasteiger charge is 2.31. The zero-order valence-electron chi connectivity index (χ0n) is 17.5. The Balaban J connectivity index is 1.48. The molecule has 2 aromatic carbocycles. The molecule has 1 amide bonds. The van der Waals surface area contributed by atoms with Crippen molar-refractivity contribution in [2.24, 2.45) is 0 Å². The number of halogens is 3. The van der Waals surface area contributed by atoms with Gasteiger partial charge in [0.1, 0.15) is 5.82 Å². The molecule has 0 unspecified atom stereocenters. The van der Waals surface area contributed by atoms with Crippen LogP contribution in [0.1, 0.15) is 21.7 Å². The quantitative estimate of drug-likeness (QED) is 0.413. The second kappa shape index (κ2) is 9.14. The first-order chi connectivity index (χ1) is 16.1. The van der Waals surface area contributed by atoms with Crippen LogP contribution >= 0.6 is 0 Å². The first-order valence-electron chi connectivity index (χ1n) is 10.0. The largest absolute Gasteiger partial charge is 0.416 e. The predicted octanol–water partition coefficient (Wildman–Crippen LogP) is 3.52. The molecule has 2 N–H and O–H groups in total. The fourth-order valence-electron chi connectivity index (χ4n) is 3.26. The number of anilines is 1. The summed E-state index contributed by atoms with van der Waals surface area (Å²) in [6, 6.07) is 14.6. The van der Waals surface area contributed by atoms with E-state index in [4.69, 9.17) is 0 Å². The van der Waals surface area contributed by atoms with Crippen LogP contribution in [0, 0.1) is 0 Å². The average molecular weight is 489 g/mol. The summed E-state index contributed by atoms with van der Waals surface area (Å²) in [6.07, 6.45) is -2.53. The number of alkyl halides is 3. The van der Waals surface area contributed by atoms with Crippen molar-refractivity contribution in [3.05, 3.63) is 89.9 Å². The Kier molecular flexibility index (Phi) is 6.24. The van der Waals surface area contributed by atoms with Gasteiger partial charge in [-0.3, -0.25) is 13.9 Å². The summed E-state index contributed by atoms with van der Waals surface area (Å²) in [6.45, 7) is 0.198. The van der Waals surface area contributed by atoms with Gasteiger partial charge in [0.2, 0.25) is 0 Å². The van der Waals surface area contributed by atoms with Crippen LogP contribution in [0.5, 0.6) is 0 Å². The van der Waals surface area contributed by atoms with Crippen molar-refractivity contribution in [1.29, 1.82) is 0 Å². The number of carbonyl (C=O) groups excluding carboxylic acids is 1. The number of fused-ring (bicyclic) bond motifs is 1. The second-order valence-corrected chi connectivity index (χ2v) is 8.91. The fourth-order valence-corrected chi connectivity index (χ4v) is 4.38. The Hall–Kier alpha value is -3.93. The maximum absolute atomic E-state index is 13.0. The van der Waals surface area contributed by atoms with Gasteiger partial charge >= 0.3 is 6.18 Å². The number of aromatic nitrogens is 3. The van der Waals surface area contributed by atoms with Gasteiger partial charge in [0, 0.05) is 19.2 Å². The maximum atomic E-state index is 13.0. The lowest BCUT2D eigenvalue weighted by Gasteiger charge is -2.14. The molecule has 0 bridgehead atoms.